The molecule has 0 aliphatic rings. The summed E-state index contributed by atoms with van der Waals surface area (Å²) in [7, 11) is 1.57. The lowest BCUT2D eigenvalue weighted by Gasteiger charge is -2.07. The van der Waals surface area contributed by atoms with Crippen molar-refractivity contribution in [2.24, 2.45) is 0 Å². The number of carbonyl (C=O) groups is 1. The number of benzene rings is 3. The molecule has 0 N–H and O–H groups in total. The van der Waals surface area contributed by atoms with Crippen LogP contribution in [-0.2, 0) is 4.79 Å². The van der Waals surface area contributed by atoms with E-state index < -0.39 is 5.97 Å². The summed E-state index contributed by atoms with van der Waals surface area (Å²) in [6.45, 7) is 2.01. The fourth-order valence-electron chi connectivity index (χ4n) is 2.83. The summed E-state index contributed by atoms with van der Waals surface area (Å²) in [6.07, 6.45) is 4.88. The van der Waals surface area contributed by atoms with E-state index >= 15 is 0 Å². The molecule has 0 saturated heterocycles. The molecule has 30 heavy (non-hydrogen) atoms. The molecule has 4 nitrogen and oxygen atoms in total. The normalized spacial score (nSPS) is 11.2. The SMILES string of the molecule is COc1ccccc1/C(C#N)=C\c1ccc(OC(=O)/C=C/c2ccc(C)cc2)cc1. The van der Waals surface area contributed by atoms with Crippen molar-refractivity contribution in [3.63, 3.8) is 0 Å². The lowest BCUT2D eigenvalue weighted by Crippen LogP contribution is -2.03. The van der Waals surface area contributed by atoms with Crippen molar-refractivity contribution >= 4 is 23.7 Å². The van der Waals surface area contributed by atoms with E-state index in [4.69, 9.17) is 9.47 Å². The molecule has 3 rings (SSSR count). The molecule has 0 radical (unpaired) electrons. The maximum atomic E-state index is 12.0. The van der Waals surface area contributed by atoms with Crippen molar-refractivity contribution in [3.05, 3.63) is 101 Å². The van der Waals surface area contributed by atoms with E-state index in [2.05, 4.69) is 6.07 Å². The summed E-state index contributed by atoms with van der Waals surface area (Å²) in [4.78, 5) is 12.0. The predicted octanol–water partition coefficient (Wildman–Crippen LogP) is 5.69. The highest BCUT2D eigenvalue weighted by atomic mass is 16.5. The van der Waals surface area contributed by atoms with Crippen molar-refractivity contribution in [3.8, 4) is 17.6 Å². The molecule has 4 heteroatoms. The molecule has 0 unspecified atom stereocenters. The number of para-hydroxylation sites is 1. The minimum Gasteiger partial charge on any atom is -0.496 e. The minimum absolute atomic E-state index is 0.432. The standard InChI is InChI=1S/C26H21NO3/c1-19-7-9-20(10-8-19)13-16-26(28)30-23-14-11-21(12-15-23)17-22(18-27)24-5-3-4-6-25(24)29-2/h3-17H,1-2H3/b16-13+,22-17-. The summed E-state index contributed by atoms with van der Waals surface area (Å²) in [5.41, 5.74) is 4.11. The maximum Gasteiger partial charge on any atom is 0.336 e. The molecule has 0 aromatic heterocycles. The van der Waals surface area contributed by atoms with Gasteiger partial charge in [-0.25, -0.2) is 4.79 Å². The zero-order chi connectivity index (χ0) is 21.3. The van der Waals surface area contributed by atoms with Crippen LogP contribution in [0.15, 0.2) is 78.9 Å². The van der Waals surface area contributed by atoms with Crippen molar-refractivity contribution in [1.82, 2.24) is 0 Å². The molecule has 3 aromatic carbocycles. The van der Waals surface area contributed by atoms with Crippen molar-refractivity contribution in [2.45, 2.75) is 6.92 Å². The van der Waals surface area contributed by atoms with Gasteiger partial charge in [0.2, 0.25) is 0 Å². The molecule has 3 aromatic rings. The quantitative estimate of drug-likeness (QED) is 0.177. The third-order valence-corrected chi connectivity index (χ3v) is 4.42. The van der Waals surface area contributed by atoms with E-state index in [-0.39, 0.29) is 0 Å². The van der Waals surface area contributed by atoms with Crippen LogP contribution >= 0.6 is 0 Å². The number of hydrogen-bond acceptors (Lipinski definition) is 4. The lowest BCUT2D eigenvalue weighted by molar-refractivity contribution is -0.128. The summed E-state index contributed by atoms with van der Waals surface area (Å²) < 4.78 is 10.7. The Morgan fingerprint density at radius 1 is 0.933 bits per heavy atom. The van der Waals surface area contributed by atoms with Crippen LogP contribution in [0.25, 0.3) is 17.7 Å². The van der Waals surface area contributed by atoms with E-state index in [0.717, 1.165) is 22.3 Å². The number of carbonyl (C=O) groups excluding carboxylic acids is 1. The average Bonchev–Trinajstić information content (AvgIpc) is 2.78. The number of aryl methyl sites for hydroxylation is 1. The smallest absolute Gasteiger partial charge is 0.336 e. The Bertz CT molecular complexity index is 1120. The first-order valence-corrected chi connectivity index (χ1v) is 9.41. The molecule has 0 saturated carbocycles. The van der Waals surface area contributed by atoms with Crippen LogP contribution in [0.5, 0.6) is 11.5 Å². The van der Waals surface area contributed by atoms with Gasteiger partial charge in [0.15, 0.2) is 0 Å². The van der Waals surface area contributed by atoms with E-state index in [1.807, 2.05) is 55.5 Å². The maximum absolute atomic E-state index is 12.0. The highest BCUT2D eigenvalue weighted by Crippen LogP contribution is 2.27. The van der Waals surface area contributed by atoms with Crippen LogP contribution in [0.1, 0.15) is 22.3 Å². The zero-order valence-electron chi connectivity index (χ0n) is 16.8. The van der Waals surface area contributed by atoms with Gasteiger partial charge in [0.1, 0.15) is 11.5 Å². The Morgan fingerprint density at radius 3 is 2.27 bits per heavy atom. The topological polar surface area (TPSA) is 59.3 Å². The van der Waals surface area contributed by atoms with Crippen molar-refractivity contribution in [1.29, 1.82) is 5.26 Å². The Kier molecular flexibility index (Phi) is 6.81. The summed E-state index contributed by atoms with van der Waals surface area (Å²) in [5, 5.41) is 9.55. The Balaban J connectivity index is 1.69. The number of methoxy groups -OCH3 is 1. The van der Waals surface area contributed by atoms with E-state index in [0.29, 0.717) is 17.1 Å². The third-order valence-electron chi connectivity index (χ3n) is 4.42. The third kappa shape index (κ3) is 5.46. The number of hydrogen-bond donors (Lipinski definition) is 0. The molecule has 0 bridgehead atoms. The first kappa shape index (κ1) is 20.6. The number of nitriles is 1. The summed E-state index contributed by atoms with van der Waals surface area (Å²) in [6, 6.07) is 24.4. The molecular formula is C26H21NO3. The summed E-state index contributed by atoms with van der Waals surface area (Å²) >= 11 is 0. The Hall–Kier alpha value is -4.10. The first-order valence-electron chi connectivity index (χ1n) is 9.41. The van der Waals surface area contributed by atoms with Gasteiger partial charge in [-0.2, -0.15) is 5.26 Å². The number of esters is 1. The van der Waals surface area contributed by atoms with Crippen LogP contribution < -0.4 is 9.47 Å². The van der Waals surface area contributed by atoms with E-state index in [9.17, 15) is 10.1 Å². The number of rotatable bonds is 6. The fraction of sp³-hybridized carbons (Fsp3) is 0.0769. The second-order valence-corrected chi connectivity index (χ2v) is 6.60. The first-order chi connectivity index (χ1) is 14.6. The van der Waals surface area contributed by atoms with E-state index in [1.54, 1.807) is 43.5 Å². The van der Waals surface area contributed by atoms with Crippen LogP contribution in [0, 0.1) is 18.3 Å². The van der Waals surface area contributed by atoms with Gasteiger partial charge in [0, 0.05) is 11.6 Å². The monoisotopic (exact) mass is 395 g/mol. The van der Waals surface area contributed by atoms with Gasteiger partial charge >= 0.3 is 5.97 Å². The van der Waals surface area contributed by atoms with Gasteiger partial charge in [-0.15, -0.1) is 0 Å². The van der Waals surface area contributed by atoms with Crippen LogP contribution in [0.3, 0.4) is 0 Å². The van der Waals surface area contributed by atoms with Gasteiger partial charge in [-0.1, -0.05) is 54.1 Å². The number of ether oxygens (including phenoxy) is 2. The van der Waals surface area contributed by atoms with Crippen LogP contribution in [-0.4, -0.2) is 13.1 Å². The second-order valence-electron chi connectivity index (χ2n) is 6.60. The van der Waals surface area contributed by atoms with Crippen molar-refractivity contribution in [2.75, 3.05) is 7.11 Å². The predicted molar refractivity (Wildman–Crippen MR) is 119 cm³/mol. The van der Waals surface area contributed by atoms with Gasteiger partial charge in [-0.3, -0.25) is 0 Å². The minimum atomic E-state index is -0.453. The zero-order valence-corrected chi connectivity index (χ0v) is 16.8. The summed E-state index contributed by atoms with van der Waals surface area (Å²) in [5.74, 6) is 0.614. The number of nitrogens with zero attached hydrogens (tertiary/aromatic N) is 1. The molecular weight excluding hydrogens is 374 g/mol. The molecule has 0 atom stereocenters. The fourth-order valence-corrected chi connectivity index (χ4v) is 2.83. The van der Waals surface area contributed by atoms with E-state index in [1.165, 1.54) is 6.08 Å². The molecule has 0 aliphatic carbocycles. The van der Waals surface area contributed by atoms with Crippen LogP contribution in [0.4, 0.5) is 0 Å². The Labute approximate surface area is 176 Å². The Morgan fingerprint density at radius 2 is 1.60 bits per heavy atom. The average molecular weight is 395 g/mol. The van der Waals surface area contributed by atoms with Gasteiger partial charge in [0.05, 0.1) is 18.8 Å². The molecule has 0 heterocycles. The molecule has 0 amide bonds. The lowest BCUT2D eigenvalue weighted by atomic mass is 10.0. The largest absolute Gasteiger partial charge is 0.496 e. The molecule has 0 spiro atoms. The second kappa shape index (κ2) is 9.90. The van der Waals surface area contributed by atoms with Crippen molar-refractivity contribution < 1.29 is 14.3 Å². The number of allylic oxidation sites excluding steroid dienone is 1. The highest BCUT2D eigenvalue weighted by molar-refractivity contribution is 5.92. The van der Waals surface area contributed by atoms with Gasteiger partial charge in [-0.05, 0) is 54.5 Å². The van der Waals surface area contributed by atoms with Gasteiger partial charge in [0.25, 0.3) is 0 Å². The highest BCUT2D eigenvalue weighted by Gasteiger charge is 2.08. The molecule has 148 valence electrons. The van der Waals surface area contributed by atoms with Gasteiger partial charge < -0.3 is 9.47 Å². The van der Waals surface area contributed by atoms with Crippen LogP contribution in [0.2, 0.25) is 0 Å². The molecule has 0 fully saturated rings. The molecule has 0 aliphatic heterocycles.